The van der Waals surface area contributed by atoms with Crippen LogP contribution in [0.2, 0.25) is 0 Å². The summed E-state index contributed by atoms with van der Waals surface area (Å²) in [5.74, 6) is -0.964. The number of carbonyl (C=O) groups excluding carboxylic acids is 3. The lowest BCUT2D eigenvalue weighted by Crippen LogP contribution is -2.48. The Morgan fingerprint density at radius 1 is 1.23 bits per heavy atom. The fourth-order valence-corrected chi connectivity index (χ4v) is 3.97. The van der Waals surface area contributed by atoms with Crippen molar-refractivity contribution in [1.29, 1.82) is 0 Å². The highest BCUT2D eigenvalue weighted by Crippen LogP contribution is 2.32. The van der Waals surface area contributed by atoms with Crippen molar-refractivity contribution in [3.8, 4) is 5.75 Å². The lowest BCUT2D eigenvalue weighted by Gasteiger charge is -2.25. The van der Waals surface area contributed by atoms with Gasteiger partial charge < -0.3 is 19.9 Å². The Morgan fingerprint density at radius 3 is 2.87 bits per heavy atom. The number of halogens is 1. The molecule has 0 aliphatic carbocycles. The molecule has 1 fully saturated rings. The second-order valence-corrected chi connectivity index (χ2v) is 7.37. The predicted octanol–water partition coefficient (Wildman–Crippen LogP) is 2.10. The number of nitrogens with zero attached hydrogens (tertiary/aromatic N) is 2. The molecule has 8 heteroatoms. The van der Waals surface area contributed by atoms with Crippen LogP contribution < -0.4 is 15.0 Å². The monoisotopic (exact) mass is 411 g/mol. The van der Waals surface area contributed by atoms with Crippen LogP contribution in [0.15, 0.2) is 42.5 Å². The molecule has 1 N–H and O–H groups in total. The Balaban J connectivity index is 1.56. The molecule has 7 nitrogen and oxygen atoms in total. The van der Waals surface area contributed by atoms with Gasteiger partial charge in [-0.25, -0.2) is 4.39 Å². The van der Waals surface area contributed by atoms with Crippen LogP contribution in [0, 0.1) is 5.82 Å². The van der Waals surface area contributed by atoms with E-state index in [1.165, 1.54) is 21.9 Å². The van der Waals surface area contributed by atoms with Crippen molar-refractivity contribution in [3.05, 3.63) is 59.4 Å². The maximum absolute atomic E-state index is 13.9. The minimum Gasteiger partial charge on any atom is -0.497 e. The summed E-state index contributed by atoms with van der Waals surface area (Å²) in [6.07, 6.45) is 1.25. The molecular formula is C22H22FN3O4. The number of benzene rings is 2. The van der Waals surface area contributed by atoms with Crippen LogP contribution in [0.25, 0.3) is 0 Å². The number of methoxy groups -OCH3 is 1. The van der Waals surface area contributed by atoms with Crippen molar-refractivity contribution in [2.45, 2.75) is 25.4 Å². The molecule has 2 aliphatic heterocycles. The predicted molar refractivity (Wildman–Crippen MR) is 108 cm³/mol. The number of fused-ring (bicyclic) bond motifs is 2. The number of nitrogens with one attached hydrogen (secondary N) is 1. The van der Waals surface area contributed by atoms with Gasteiger partial charge in [0, 0.05) is 13.1 Å². The first kappa shape index (κ1) is 19.9. The molecule has 2 heterocycles. The number of hydrogen-bond donors (Lipinski definition) is 1. The van der Waals surface area contributed by atoms with E-state index in [4.69, 9.17) is 4.74 Å². The molecule has 0 saturated carbocycles. The minimum absolute atomic E-state index is 0.135. The lowest BCUT2D eigenvalue weighted by atomic mass is 10.1. The molecule has 0 bridgehead atoms. The molecule has 0 radical (unpaired) electrons. The molecule has 156 valence electrons. The van der Waals surface area contributed by atoms with Gasteiger partial charge in [-0.15, -0.1) is 0 Å². The van der Waals surface area contributed by atoms with Crippen LogP contribution >= 0.6 is 0 Å². The summed E-state index contributed by atoms with van der Waals surface area (Å²) in [7, 11) is 1.56. The smallest absolute Gasteiger partial charge is 0.256 e. The van der Waals surface area contributed by atoms with Gasteiger partial charge in [0.25, 0.3) is 5.91 Å². The van der Waals surface area contributed by atoms with Crippen molar-refractivity contribution in [1.82, 2.24) is 10.2 Å². The number of rotatable bonds is 5. The fraction of sp³-hybridized carbons (Fsp3) is 0.318. The zero-order valence-electron chi connectivity index (χ0n) is 16.6. The molecule has 0 spiro atoms. The largest absolute Gasteiger partial charge is 0.497 e. The number of carbonyl (C=O) groups is 3. The summed E-state index contributed by atoms with van der Waals surface area (Å²) < 4.78 is 19.1. The highest BCUT2D eigenvalue weighted by Gasteiger charge is 2.42. The maximum Gasteiger partial charge on any atom is 0.256 e. The van der Waals surface area contributed by atoms with E-state index in [0.29, 0.717) is 25.1 Å². The summed E-state index contributed by atoms with van der Waals surface area (Å²) in [5, 5.41) is 2.77. The van der Waals surface area contributed by atoms with E-state index in [-0.39, 0.29) is 36.2 Å². The Bertz CT molecular complexity index is 1010. The highest BCUT2D eigenvalue weighted by atomic mass is 19.1. The van der Waals surface area contributed by atoms with Gasteiger partial charge >= 0.3 is 0 Å². The van der Waals surface area contributed by atoms with Gasteiger partial charge in [0.05, 0.1) is 18.4 Å². The van der Waals surface area contributed by atoms with Gasteiger partial charge in [-0.1, -0.05) is 12.1 Å². The van der Waals surface area contributed by atoms with E-state index in [1.54, 1.807) is 19.2 Å². The third-order valence-corrected chi connectivity index (χ3v) is 5.47. The molecule has 4 rings (SSSR count). The maximum atomic E-state index is 13.9. The van der Waals surface area contributed by atoms with Crippen LogP contribution in [0.5, 0.6) is 5.75 Å². The topological polar surface area (TPSA) is 79.0 Å². The number of ether oxygens (including phenoxy) is 1. The standard InChI is InChI=1S/C22H22FN3O4/c1-30-16-5-2-4-14(10-16)12-24-20(27)13-26-19-11-15(23)7-8-17(19)21(28)25-9-3-6-18(25)22(26)29/h2,4-5,7-8,10-11,18H,3,6,9,12-13H2,1H3,(H,24,27). The van der Waals surface area contributed by atoms with E-state index in [1.807, 2.05) is 12.1 Å². The Hall–Kier alpha value is -3.42. The molecular weight excluding hydrogens is 389 g/mol. The molecule has 0 aromatic heterocycles. The summed E-state index contributed by atoms with van der Waals surface area (Å²) in [6.45, 7) is 0.432. The molecule has 2 aliphatic rings. The van der Waals surface area contributed by atoms with Crippen LogP contribution in [-0.2, 0) is 16.1 Å². The Labute approximate surface area is 173 Å². The summed E-state index contributed by atoms with van der Waals surface area (Å²) >= 11 is 0. The number of anilines is 1. The molecule has 1 saturated heterocycles. The van der Waals surface area contributed by atoms with E-state index in [0.717, 1.165) is 11.6 Å². The normalized spacial score (nSPS) is 18.0. The molecule has 30 heavy (non-hydrogen) atoms. The van der Waals surface area contributed by atoms with E-state index >= 15 is 0 Å². The van der Waals surface area contributed by atoms with Crippen molar-refractivity contribution in [2.24, 2.45) is 0 Å². The third kappa shape index (κ3) is 3.72. The van der Waals surface area contributed by atoms with Gasteiger partial charge in [0.2, 0.25) is 11.8 Å². The van der Waals surface area contributed by atoms with Crippen LogP contribution in [0.4, 0.5) is 10.1 Å². The van der Waals surface area contributed by atoms with E-state index in [2.05, 4.69) is 5.32 Å². The van der Waals surface area contributed by atoms with E-state index in [9.17, 15) is 18.8 Å². The summed E-state index contributed by atoms with van der Waals surface area (Å²) in [5.41, 5.74) is 1.21. The second-order valence-electron chi connectivity index (χ2n) is 7.37. The van der Waals surface area contributed by atoms with Gasteiger partial charge in [0.15, 0.2) is 0 Å². The van der Waals surface area contributed by atoms with Crippen LogP contribution in [0.1, 0.15) is 28.8 Å². The molecule has 2 aromatic carbocycles. The summed E-state index contributed by atoms with van der Waals surface area (Å²) in [6, 6.07) is 10.4. The zero-order valence-corrected chi connectivity index (χ0v) is 16.6. The average Bonchev–Trinajstić information content (AvgIpc) is 3.22. The van der Waals surface area contributed by atoms with Crippen LogP contribution in [-0.4, -0.2) is 48.9 Å². The van der Waals surface area contributed by atoms with Gasteiger partial charge in [-0.05, 0) is 48.7 Å². The first-order valence-electron chi connectivity index (χ1n) is 9.79. The lowest BCUT2D eigenvalue weighted by molar-refractivity contribution is -0.125. The molecule has 2 aromatic rings. The highest BCUT2D eigenvalue weighted by molar-refractivity contribution is 6.12. The zero-order chi connectivity index (χ0) is 21.3. The van der Waals surface area contributed by atoms with Gasteiger partial charge in [-0.3, -0.25) is 14.4 Å². The Kier molecular flexibility index (Phi) is 5.39. The van der Waals surface area contributed by atoms with Crippen molar-refractivity contribution >= 4 is 23.4 Å². The van der Waals surface area contributed by atoms with E-state index < -0.39 is 17.8 Å². The van der Waals surface area contributed by atoms with Crippen molar-refractivity contribution in [2.75, 3.05) is 25.1 Å². The minimum atomic E-state index is -0.626. The number of amides is 3. The fourth-order valence-electron chi connectivity index (χ4n) is 3.97. The molecule has 1 unspecified atom stereocenters. The molecule has 3 amide bonds. The van der Waals surface area contributed by atoms with Gasteiger partial charge in [-0.2, -0.15) is 0 Å². The first-order chi connectivity index (χ1) is 14.5. The van der Waals surface area contributed by atoms with Crippen molar-refractivity contribution in [3.63, 3.8) is 0 Å². The summed E-state index contributed by atoms with van der Waals surface area (Å²) in [4.78, 5) is 41.4. The first-order valence-corrected chi connectivity index (χ1v) is 9.79. The van der Waals surface area contributed by atoms with Crippen molar-refractivity contribution < 1.29 is 23.5 Å². The Morgan fingerprint density at radius 2 is 2.07 bits per heavy atom. The third-order valence-electron chi connectivity index (χ3n) is 5.47. The SMILES string of the molecule is COc1cccc(CNC(=O)CN2C(=O)C3CCCN3C(=O)c3ccc(F)cc32)c1. The van der Waals surface area contributed by atoms with Crippen LogP contribution in [0.3, 0.4) is 0 Å². The van der Waals surface area contributed by atoms with Gasteiger partial charge in [0.1, 0.15) is 24.2 Å². The average molecular weight is 411 g/mol. The number of hydrogen-bond acceptors (Lipinski definition) is 4. The second kappa shape index (κ2) is 8.14. The molecule has 1 atom stereocenters. The quantitative estimate of drug-likeness (QED) is 0.817.